The minimum Gasteiger partial charge on any atom is -0.464 e. The van der Waals surface area contributed by atoms with E-state index in [-0.39, 0.29) is 5.69 Å². The second-order valence-corrected chi connectivity index (χ2v) is 8.93. The zero-order chi connectivity index (χ0) is 16.7. The first-order valence-electron chi connectivity index (χ1n) is 7.25. The minimum absolute atomic E-state index is 0.0795. The Bertz CT molecular complexity index is 772. The molecule has 1 saturated heterocycles. The highest BCUT2D eigenvalue weighted by molar-refractivity contribution is 7.72. The summed E-state index contributed by atoms with van der Waals surface area (Å²) in [4.78, 5) is 11.9. The lowest BCUT2D eigenvalue weighted by Crippen LogP contribution is -2.35. The highest BCUT2D eigenvalue weighted by Gasteiger charge is 2.55. The van der Waals surface area contributed by atoms with Crippen LogP contribution in [0.5, 0.6) is 0 Å². The van der Waals surface area contributed by atoms with Gasteiger partial charge in [-0.3, -0.25) is 0 Å². The van der Waals surface area contributed by atoms with Crippen LogP contribution in [0.1, 0.15) is 29.6 Å². The smallest absolute Gasteiger partial charge is 0.358 e. The Morgan fingerprint density at radius 1 is 1.43 bits per heavy atom. The summed E-state index contributed by atoms with van der Waals surface area (Å²) in [6.45, 7) is 1.61. The van der Waals surface area contributed by atoms with Crippen molar-refractivity contribution in [2.75, 3.05) is 13.3 Å². The lowest BCUT2D eigenvalue weighted by molar-refractivity contribution is 0.0341. The molecule has 1 aromatic carbocycles. The van der Waals surface area contributed by atoms with Gasteiger partial charge in [0.25, 0.3) is 0 Å². The molecule has 2 aromatic rings. The lowest BCUT2D eigenvalue weighted by atomic mass is 10.0. The first-order chi connectivity index (χ1) is 10.9. The highest BCUT2D eigenvalue weighted by atomic mass is 31.2. The fraction of sp³-hybridized carbons (Fsp3) is 0.400. The molecular formula is C15H18N3O4P. The Kier molecular flexibility index (Phi) is 3.86. The first-order valence-corrected chi connectivity index (χ1v) is 9.21. The van der Waals surface area contributed by atoms with Crippen molar-refractivity contribution < 1.29 is 19.2 Å². The van der Waals surface area contributed by atoms with Gasteiger partial charge in [0, 0.05) is 11.5 Å². The summed E-state index contributed by atoms with van der Waals surface area (Å²) in [7, 11) is -1.76. The number of carbonyl (C=O) groups excluding carboxylic acids is 1. The van der Waals surface area contributed by atoms with Gasteiger partial charge in [0.05, 0.1) is 18.9 Å². The third-order valence-corrected chi connectivity index (χ3v) is 7.92. The van der Waals surface area contributed by atoms with Gasteiger partial charge in [-0.2, -0.15) is 0 Å². The zero-order valence-electron chi connectivity index (χ0n) is 12.9. The van der Waals surface area contributed by atoms with E-state index in [1.807, 2.05) is 18.2 Å². The summed E-state index contributed by atoms with van der Waals surface area (Å²) >= 11 is 0. The molecule has 122 valence electrons. The van der Waals surface area contributed by atoms with Crippen LogP contribution in [-0.2, 0) is 9.30 Å². The van der Waals surface area contributed by atoms with Crippen LogP contribution in [0.3, 0.4) is 0 Å². The molecule has 0 aliphatic carbocycles. The number of aromatic nitrogens is 3. The molecule has 0 saturated carbocycles. The van der Waals surface area contributed by atoms with E-state index in [1.54, 1.807) is 19.1 Å². The normalized spacial score (nSPS) is 30.3. The monoisotopic (exact) mass is 335 g/mol. The van der Waals surface area contributed by atoms with Gasteiger partial charge in [0.1, 0.15) is 12.9 Å². The Labute approximate surface area is 133 Å². The molecule has 8 heteroatoms. The standard InChI is InChI=1S/C15H18N3O4P/c1-15(20)8-9-23(21,11-6-4-3-5-7-11)14(15)18-12(10-16-17-18)13(19)22-2/h3-7,10,14,20H,8-9H2,1-2H3/t14-,15-,23-/m1/s1. The van der Waals surface area contributed by atoms with Crippen molar-refractivity contribution in [3.63, 3.8) is 0 Å². The fourth-order valence-corrected chi connectivity index (χ4v) is 6.96. The molecule has 1 aliphatic rings. The SMILES string of the molecule is COC(=O)c1cnnn1[C@H]1[C@](C)(O)CC[P@@]1(=O)c1ccccc1. The van der Waals surface area contributed by atoms with Gasteiger partial charge >= 0.3 is 5.97 Å². The van der Waals surface area contributed by atoms with E-state index in [9.17, 15) is 14.5 Å². The van der Waals surface area contributed by atoms with Crippen LogP contribution in [0.15, 0.2) is 36.5 Å². The van der Waals surface area contributed by atoms with Gasteiger partial charge in [0.2, 0.25) is 0 Å². The molecule has 0 bridgehead atoms. The average molecular weight is 335 g/mol. The second kappa shape index (κ2) is 5.58. The maximum Gasteiger partial charge on any atom is 0.358 e. The molecule has 0 radical (unpaired) electrons. The van der Waals surface area contributed by atoms with E-state index in [4.69, 9.17) is 4.74 Å². The molecule has 1 N–H and O–H groups in total. The van der Waals surface area contributed by atoms with Crippen molar-refractivity contribution in [1.29, 1.82) is 0 Å². The quantitative estimate of drug-likeness (QED) is 0.673. The summed E-state index contributed by atoms with van der Waals surface area (Å²) < 4.78 is 19.7. The second-order valence-electron chi connectivity index (χ2n) is 5.89. The van der Waals surface area contributed by atoms with Crippen molar-refractivity contribution >= 4 is 18.4 Å². The lowest BCUT2D eigenvalue weighted by Gasteiger charge is -2.30. The zero-order valence-corrected chi connectivity index (χ0v) is 13.8. The van der Waals surface area contributed by atoms with Crippen molar-refractivity contribution in [3.8, 4) is 0 Å². The van der Waals surface area contributed by atoms with Crippen molar-refractivity contribution in [3.05, 3.63) is 42.2 Å². The number of nitrogens with zero attached hydrogens (tertiary/aromatic N) is 3. The molecule has 7 nitrogen and oxygen atoms in total. The van der Waals surface area contributed by atoms with Gasteiger partial charge in [-0.15, -0.1) is 5.10 Å². The summed E-state index contributed by atoms with van der Waals surface area (Å²) in [6.07, 6.45) is 1.95. The predicted octanol–water partition coefficient (Wildman–Crippen LogP) is 1.41. The van der Waals surface area contributed by atoms with E-state index >= 15 is 0 Å². The maximum atomic E-state index is 13.7. The molecule has 3 atom stereocenters. The predicted molar refractivity (Wildman–Crippen MR) is 84.2 cm³/mol. The van der Waals surface area contributed by atoms with Crippen LogP contribution in [0.25, 0.3) is 0 Å². The van der Waals surface area contributed by atoms with Crippen LogP contribution in [0, 0.1) is 0 Å². The molecule has 1 aromatic heterocycles. The Morgan fingerprint density at radius 3 is 2.78 bits per heavy atom. The van der Waals surface area contributed by atoms with E-state index in [2.05, 4.69) is 10.3 Å². The number of benzene rings is 1. The van der Waals surface area contributed by atoms with Crippen LogP contribution in [0.2, 0.25) is 0 Å². The number of ether oxygens (including phenoxy) is 1. The van der Waals surface area contributed by atoms with Gasteiger partial charge < -0.3 is 14.4 Å². The third-order valence-electron chi connectivity index (χ3n) is 4.30. The van der Waals surface area contributed by atoms with Gasteiger partial charge in [0.15, 0.2) is 5.69 Å². The molecule has 1 fully saturated rings. The molecule has 0 amide bonds. The van der Waals surface area contributed by atoms with Crippen LogP contribution in [-0.4, -0.2) is 44.9 Å². The van der Waals surface area contributed by atoms with Crippen molar-refractivity contribution in [2.24, 2.45) is 0 Å². The molecule has 1 aliphatic heterocycles. The van der Waals surface area contributed by atoms with Crippen LogP contribution < -0.4 is 5.30 Å². The molecule has 23 heavy (non-hydrogen) atoms. The van der Waals surface area contributed by atoms with E-state index in [0.717, 1.165) is 0 Å². The molecule has 2 heterocycles. The van der Waals surface area contributed by atoms with Gasteiger partial charge in [-0.05, 0) is 13.3 Å². The van der Waals surface area contributed by atoms with Crippen LogP contribution in [0.4, 0.5) is 0 Å². The van der Waals surface area contributed by atoms with Gasteiger partial charge in [-0.1, -0.05) is 35.5 Å². The van der Waals surface area contributed by atoms with E-state index in [0.29, 0.717) is 17.9 Å². The molecule has 0 unspecified atom stereocenters. The number of aliphatic hydroxyl groups is 1. The van der Waals surface area contributed by atoms with E-state index < -0.39 is 24.5 Å². The van der Waals surface area contributed by atoms with Gasteiger partial charge in [-0.25, -0.2) is 9.48 Å². The maximum absolute atomic E-state index is 13.7. The van der Waals surface area contributed by atoms with E-state index in [1.165, 1.54) is 18.0 Å². The van der Waals surface area contributed by atoms with Crippen molar-refractivity contribution in [2.45, 2.75) is 24.7 Å². The Balaban J connectivity index is 2.16. The summed E-state index contributed by atoms with van der Waals surface area (Å²) in [6, 6.07) is 9.02. The number of esters is 1. The Morgan fingerprint density at radius 2 is 2.13 bits per heavy atom. The Hall–Kier alpha value is -1.98. The third kappa shape index (κ3) is 2.50. The largest absolute Gasteiger partial charge is 0.464 e. The van der Waals surface area contributed by atoms with Crippen LogP contribution >= 0.6 is 7.14 Å². The molecular weight excluding hydrogens is 317 g/mol. The summed E-state index contributed by atoms with van der Waals surface area (Å²) in [5.41, 5.74) is -1.18. The van der Waals surface area contributed by atoms with Crippen molar-refractivity contribution in [1.82, 2.24) is 15.0 Å². The fourth-order valence-electron chi connectivity index (χ4n) is 3.16. The number of methoxy groups -OCH3 is 1. The minimum atomic E-state index is -3.02. The number of rotatable bonds is 3. The molecule has 0 spiro atoms. The topological polar surface area (TPSA) is 94.3 Å². The summed E-state index contributed by atoms with van der Waals surface area (Å²) in [5.74, 6) is -1.48. The number of hydrogen-bond acceptors (Lipinski definition) is 6. The average Bonchev–Trinajstić information content (AvgIpc) is 3.10. The molecule has 3 rings (SSSR count). The number of carbonyl (C=O) groups is 1. The highest BCUT2D eigenvalue weighted by Crippen LogP contribution is 2.66. The first kappa shape index (κ1) is 15.9. The summed E-state index contributed by atoms with van der Waals surface area (Å²) in [5, 5.41) is 19.1. The number of hydrogen-bond donors (Lipinski definition) is 1.